The van der Waals surface area contributed by atoms with Gasteiger partial charge in [0.15, 0.2) is 0 Å². The van der Waals surface area contributed by atoms with Crippen LogP contribution in [-0.4, -0.2) is 16.5 Å². The largest absolute Gasteiger partial charge is 0.384 e. The Labute approximate surface area is 190 Å². The van der Waals surface area contributed by atoms with Crippen molar-refractivity contribution in [1.82, 2.24) is 9.97 Å². The molecule has 0 bridgehead atoms. The summed E-state index contributed by atoms with van der Waals surface area (Å²) in [5.41, 5.74) is 11.5. The van der Waals surface area contributed by atoms with E-state index < -0.39 is 0 Å². The monoisotopic (exact) mass is 424 g/mol. The van der Waals surface area contributed by atoms with E-state index in [4.69, 9.17) is 0 Å². The van der Waals surface area contributed by atoms with Crippen LogP contribution in [0, 0.1) is 6.92 Å². The molecule has 0 amide bonds. The van der Waals surface area contributed by atoms with Gasteiger partial charge in [-0.1, -0.05) is 32.0 Å². The molecule has 4 nitrogen and oxygen atoms in total. The van der Waals surface area contributed by atoms with Gasteiger partial charge >= 0.3 is 0 Å². The van der Waals surface area contributed by atoms with Crippen LogP contribution in [0.4, 0.5) is 17.1 Å². The lowest BCUT2D eigenvalue weighted by Crippen LogP contribution is -2.06. The van der Waals surface area contributed by atoms with Gasteiger partial charge < -0.3 is 15.6 Å². The van der Waals surface area contributed by atoms with Gasteiger partial charge in [-0.2, -0.15) is 0 Å². The van der Waals surface area contributed by atoms with Gasteiger partial charge in [-0.05, 0) is 85.0 Å². The molecule has 0 atom stereocenters. The molecule has 0 radical (unpaired) electrons. The summed E-state index contributed by atoms with van der Waals surface area (Å²) in [7, 11) is 0. The van der Waals surface area contributed by atoms with E-state index in [1.54, 1.807) is 0 Å². The zero-order valence-corrected chi connectivity index (χ0v) is 19.3. The van der Waals surface area contributed by atoms with Crippen molar-refractivity contribution >= 4 is 28.0 Å². The van der Waals surface area contributed by atoms with E-state index >= 15 is 0 Å². The predicted molar refractivity (Wildman–Crippen MR) is 135 cm³/mol. The number of aromatic nitrogens is 2. The van der Waals surface area contributed by atoms with Gasteiger partial charge in [-0.25, -0.2) is 0 Å². The maximum atomic E-state index is 4.53. The van der Waals surface area contributed by atoms with Crippen LogP contribution in [0.3, 0.4) is 0 Å². The van der Waals surface area contributed by atoms with Crippen molar-refractivity contribution in [3.8, 4) is 0 Å². The highest BCUT2D eigenvalue weighted by atomic mass is 14.9. The van der Waals surface area contributed by atoms with E-state index in [0.29, 0.717) is 5.92 Å². The Morgan fingerprint density at radius 1 is 1.06 bits per heavy atom. The van der Waals surface area contributed by atoms with Crippen molar-refractivity contribution in [3.63, 3.8) is 0 Å². The standard InChI is InChI=1S/C28H32N4/c1-18(2)22-6-4-7-23-20(17-31-28(22)23)12-14-29-25-11-10-21(16-19(25)3)32-27-13-15-30-26-9-5-8-24(26)27/h4,6-7,10-11,13,15-18,29,31H,5,8-9,12,14H2,1-3H3,(H,30,32). The molecule has 4 aromatic rings. The molecule has 0 unspecified atom stereocenters. The third-order valence-electron chi connectivity index (χ3n) is 6.66. The molecule has 1 aliphatic rings. The number of rotatable bonds is 7. The van der Waals surface area contributed by atoms with Crippen LogP contribution in [-0.2, 0) is 19.3 Å². The first-order chi connectivity index (χ1) is 15.6. The number of nitrogens with one attached hydrogen (secondary N) is 3. The fraction of sp³-hybridized carbons (Fsp3) is 0.321. The summed E-state index contributed by atoms with van der Waals surface area (Å²) in [5, 5.41) is 8.59. The molecule has 0 aliphatic heterocycles. The fourth-order valence-corrected chi connectivity index (χ4v) is 4.93. The average molecular weight is 425 g/mol. The first-order valence-corrected chi connectivity index (χ1v) is 11.8. The van der Waals surface area contributed by atoms with Crippen molar-refractivity contribution in [3.05, 3.63) is 82.8 Å². The molecular weight excluding hydrogens is 392 g/mol. The van der Waals surface area contributed by atoms with Crippen molar-refractivity contribution in [1.29, 1.82) is 0 Å². The SMILES string of the molecule is Cc1cc(Nc2ccnc3c2CCC3)ccc1NCCc1c[nH]c2c(C(C)C)cccc12. The third kappa shape index (κ3) is 3.97. The number of fused-ring (bicyclic) bond motifs is 2. The number of hydrogen-bond donors (Lipinski definition) is 3. The zero-order valence-electron chi connectivity index (χ0n) is 19.3. The molecule has 3 N–H and O–H groups in total. The Morgan fingerprint density at radius 2 is 1.97 bits per heavy atom. The van der Waals surface area contributed by atoms with Crippen LogP contribution in [0.2, 0.25) is 0 Å². The normalized spacial score (nSPS) is 13.0. The van der Waals surface area contributed by atoms with Crippen LogP contribution in [0.5, 0.6) is 0 Å². The van der Waals surface area contributed by atoms with Crippen LogP contribution in [0.25, 0.3) is 10.9 Å². The molecule has 164 valence electrons. The minimum absolute atomic E-state index is 0.520. The molecule has 5 rings (SSSR count). The van der Waals surface area contributed by atoms with E-state index in [0.717, 1.165) is 31.5 Å². The number of H-pyrrole nitrogens is 1. The quantitative estimate of drug-likeness (QED) is 0.303. The van der Waals surface area contributed by atoms with E-state index in [-0.39, 0.29) is 0 Å². The predicted octanol–water partition coefficient (Wildman–Crippen LogP) is 6.88. The molecule has 2 aromatic carbocycles. The minimum atomic E-state index is 0.520. The fourth-order valence-electron chi connectivity index (χ4n) is 4.93. The Morgan fingerprint density at radius 3 is 2.81 bits per heavy atom. The molecule has 2 aromatic heterocycles. The lowest BCUT2D eigenvalue weighted by atomic mass is 9.99. The molecule has 4 heteroatoms. The highest BCUT2D eigenvalue weighted by Crippen LogP contribution is 2.31. The van der Waals surface area contributed by atoms with Gasteiger partial charge in [0.2, 0.25) is 0 Å². The molecular formula is C28H32N4. The van der Waals surface area contributed by atoms with Crippen LogP contribution in [0.1, 0.15) is 54.1 Å². The Bertz CT molecular complexity index is 1250. The van der Waals surface area contributed by atoms with E-state index in [1.165, 1.54) is 56.6 Å². The average Bonchev–Trinajstić information content (AvgIpc) is 3.43. The van der Waals surface area contributed by atoms with Gasteiger partial charge in [0.25, 0.3) is 0 Å². The van der Waals surface area contributed by atoms with Gasteiger partial charge in [0.1, 0.15) is 0 Å². The number of benzene rings is 2. The lowest BCUT2D eigenvalue weighted by Gasteiger charge is -2.14. The molecule has 0 saturated carbocycles. The number of anilines is 3. The van der Waals surface area contributed by atoms with E-state index in [9.17, 15) is 0 Å². The maximum absolute atomic E-state index is 4.53. The Kier molecular flexibility index (Phi) is 5.60. The molecule has 32 heavy (non-hydrogen) atoms. The van der Waals surface area contributed by atoms with Crippen LogP contribution in [0.15, 0.2) is 54.9 Å². The summed E-state index contributed by atoms with van der Waals surface area (Å²) in [6.07, 6.45) is 8.51. The van der Waals surface area contributed by atoms with Crippen molar-refractivity contribution in [2.24, 2.45) is 0 Å². The van der Waals surface area contributed by atoms with E-state index in [1.807, 2.05) is 6.20 Å². The smallest absolute Gasteiger partial charge is 0.0491 e. The second kappa shape index (κ2) is 8.70. The Balaban J connectivity index is 1.25. The summed E-state index contributed by atoms with van der Waals surface area (Å²) in [4.78, 5) is 8.03. The van der Waals surface area contributed by atoms with Gasteiger partial charge in [-0.15, -0.1) is 0 Å². The Hall–Kier alpha value is -3.27. The summed E-state index contributed by atoms with van der Waals surface area (Å²) in [6.45, 7) is 7.58. The second-order valence-corrected chi connectivity index (χ2v) is 9.21. The highest BCUT2D eigenvalue weighted by Gasteiger charge is 2.16. The van der Waals surface area contributed by atoms with Gasteiger partial charge in [0, 0.05) is 52.6 Å². The zero-order chi connectivity index (χ0) is 22.1. The van der Waals surface area contributed by atoms with Crippen LogP contribution >= 0.6 is 0 Å². The first kappa shape index (κ1) is 20.6. The van der Waals surface area contributed by atoms with Crippen molar-refractivity contribution in [2.75, 3.05) is 17.2 Å². The summed E-state index contributed by atoms with van der Waals surface area (Å²) >= 11 is 0. The lowest BCUT2D eigenvalue weighted by molar-refractivity contribution is 0.873. The number of pyridine rings is 1. The highest BCUT2D eigenvalue weighted by molar-refractivity contribution is 5.86. The van der Waals surface area contributed by atoms with Crippen molar-refractivity contribution < 1.29 is 0 Å². The third-order valence-corrected chi connectivity index (χ3v) is 6.66. The van der Waals surface area contributed by atoms with Gasteiger partial charge in [0.05, 0.1) is 0 Å². The molecule has 0 spiro atoms. The first-order valence-electron chi connectivity index (χ1n) is 11.8. The van der Waals surface area contributed by atoms with Crippen LogP contribution < -0.4 is 10.6 Å². The molecule has 2 heterocycles. The minimum Gasteiger partial charge on any atom is -0.384 e. The maximum Gasteiger partial charge on any atom is 0.0491 e. The number of aromatic amines is 1. The summed E-state index contributed by atoms with van der Waals surface area (Å²) < 4.78 is 0. The number of nitrogens with zero attached hydrogens (tertiary/aromatic N) is 1. The number of aryl methyl sites for hydroxylation is 2. The topological polar surface area (TPSA) is 52.7 Å². The summed E-state index contributed by atoms with van der Waals surface area (Å²) in [6, 6.07) is 15.3. The summed E-state index contributed by atoms with van der Waals surface area (Å²) in [5.74, 6) is 0.520. The number of hydrogen-bond acceptors (Lipinski definition) is 3. The van der Waals surface area contributed by atoms with E-state index in [2.05, 4.69) is 90.0 Å². The molecule has 0 fully saturated rings. The molecule has 0 saturated heterocycles. The molecule has 1 aliphatic carbocycles. The van der Waals surface area contributed by atoms with Crippen molar-refractivity contribution in [2.45, 2.75) is 52.4 Å². The van der Waals surface area contributed by atoms with Gasteiger partial charge in [-0.3, -0.25) is 4.98 Å². The second-order valence-electron chi connectivity index (χ2n) is 9.21. The number of para-hydroxylation sites is 1.